The molecule has 2 rings (SSSR count). The van der Waals surface area contributed by atoms with Gasteiger partial charge in [0.25, 0.3) is 0 Å². The molecule has 0 atom stereocenters. The van der Waals surface area contributed by atoms with Gasteiger partial charge in [0.15, 0.2) is 10.8 Å². The molecule has 7 nitrogen and oxygen atoms in total. The van der Waals surface area contributed by atoms with Crippen molar-refractivity contribution in [2.45, 2.75) is 13.8 Å². The van der Waals surface area contributed by atoms with Gasteiger partial charge in [-0.1, -0.05) is 0 Å². The molecule has 0 N–H and O–H groups in total. The summed E-state index contributed by atoms with van der Waals surface area (Å²) in [5.74, 6) is -0.410. The summed E-state index contributed by atoms with van der Waals surface area (Å²) in [6, 6.07) is 0. The van der Waals surface area contributed by atoms with Crippen molar-refractivity contribution < 1.29 is 17.9 Å². The average Bonchev–Trinajstić information content (AvgIpc) is 2.80. The first-order valence-corrected chi connectivity index (χ1v) is 9.34. The molecule has 1 saturated heterocycles. The Morgan fingerprint density at radius 3 is 2.48 bits per heavy atom. The van der Waals surface area contributed by atoms with Crippen LogP contribution in [-0.2, 0) is 14.8 Å². The highest BCUT2D eigenvalue weighted by Gasteiger charge is 2.26. The number of carbonyl (C=O) groups excluding carboxylic acids is 1. The number of thiazole rings is 1. The molecule has 0 spiro atoms. The zero-order chi connectivity index (χ0) is 15.6. The van der Waals surface area contributed by atoms with E-state index in [-0.39, 0.29) is 0 Å². The second-order valence-electron chi connectivity index (χ2n) is 4.77. The Kier molecular flexibility index (Phi) is 4.84. The lowest BCUT2D eigenvalue weighted by molar-refractivity contribution is 0.0519. The summed E-state index contributed by atoms with van der Waals surface area (Å²) in [6.07, 6.45) is 1.22. The van der Waals surface area contributed by atoms with Crippen LogP contribution in [0, 0.1) is 6.92 Å². The molecule has 0 unspecified atom stereocenters. The van der Waals surface area contributed by atoms with Crippen molar-refractivity contribution in [1.29, 1.82) is 0 Å². The fourth-order valence-corrected chi connectivity index (χ4v) is 3.89. The van der Waals surface area contributed by atoms with Crippen molar-refractivity contribution in [3.05, 3.63) is 10.6 Å². The van der Waals surface area contributed by atoms with E-state index in [1.54, 1.807) is 6.92 Å². The lowest BCUT2D eigenvalue weighted by Crippen LogP contribution is -2.48. The number of aryl methyl sites for hydroxylation is 1. The van der Waals surface area contributed by atoms with Gasteiger partial charge in [0.05, 0.1) is 12.9 Å². The van der Waals surface area contributed by atoms with Crippen molar-refractivity contribution in [2.75, 3.05) is 43.9 Å². The van der Waals surface area contributed by atoms with Crippen LogP contribution in [0.15, 0.2) is 0 Å². The normalized spacial score (nSPS) is 17.0. The molecule has 9 heteroatoms. The minimum atomic E-state index is -3.14. The maximum absolute atomic E-state index is 11.8. The molecule has 1 fully saturated rings. The molecule has 0 bridgehead atoms. The number of piperazine rings is 1. The lowest BCUT2D eigenvalue weighted by atomic mass is 10.4. The van der Waals surface area contributed by atoms with E-state index in [0.29, 0.717) is 38.5 Å². The largest absolute Gasteiger partial charge is 0.461 e. The van der Waals surface area contributed by atoms with Gasteiger partial charge in [0.1, 0.15) is 0 Å². The number of nitrogens with zero attached hydrogens (tertiary/aromatic N) is 3. The summed E-state index contributed by atoms with van der Waals surface area (Å²) < 4.78 is 29.4. The molecule has 1 aromatic heterocycles. The standard InChI is InChI=1S/C12H19N3O4S2/c1-4-19-11(16)10-9(2)20-12(13-10)14-5-7-15(8-6-14)21(3,17)18/h4-8H2,1-3H3. The van der Waals surface area contributed by atoms with E-state index >= 15 is 0 Å². The van der Waals surface area contributed by atoms with Gasteiger partial charge in [-0.25, -0.2) is 18.2 Å². The van der Waals surface area contributed by atoms with Crippen LogP contribution in [0.4, 0.5) is 5.13 Å². The Labute approximate surface area is 128 Å². The molecule has 0 saturated carbocycles. The molecule has 1 aromatic rings. The number of anilines is 1. The highest BCUT2D eigenvalue weighted by molar-refractivity contribution is 7.88. The van der Waals surface area contributed by atoms with Crippen LogP contribution < -0.4 is 4.90 Å². The van der Waals surface area contributed by atoms with Crippen molar-refractivity contribution in [3.8, 4) is 0 Å². The van der Waals surface area contributed by atoms with E-state index in [0.717, 1.165) is 10.0 Å². The molecule has 0 radical (unpaired) electrons. The van der Waals surface area contributed by atoms with E-state index in [9.17, 15) is 13.2 Å². The fraction of sp³-hybridized carbons (Fsp3) is 0.667. The third kappa shape index (κ3) is 3.72. The van der Waals surface area contributed by atoms with Crippen molar-refractivity contribution in [1.82, 2.24) is 9.29 Å². The van der Waals surface area contributed by atoms with E-state index in [1.807, 2.05) is 11.8 Å². The zero-order valence-electron chi connectivity index (χ0n) is 12.3. The predicted octanol–water partition coefficient (Wildman–Crippen LogP) is 0.710. The van der Waals surface area contributed by atoms with Crippen LogP contribution in [0.25, 0.3) is 0 Å². The predicted molar refractivity (Wildman–Crippen MR) is 81.4 cm³/mol. The maximum Gasteiger partial charge on any atom is 0.358 e. The van der Waals surface area contributed by atoms with Gasteiger partial charge >= 0.3 is 5.97 Å². The number of hydrogen-bond donors (Lipinski definition) is 0. The minimum Gasteiger partial charge on any atom is -0.461 e. The summed E-state index contributed by atoms with van der Waals surface area (Å²) in [5.41, 5.74) is 0.349. The van der Waals surface area contributed by atoms with Gasteiger partial charge in [-0.2, -0.15) is 4.31 Å². The maximum atomic E-state index is 11.8. The van der Waals surface area contributed by atoms with Gasteiger partial charge in [-0.05, 0) is 13.8 Å². The number of esters is 1. The van der Waals surface area contributed by atoms with Gasteiger partial charge in [-0.3, -0.25) is 0 Å². The molecule has 118 valence electrons. The first-order valence-electron chi connectivity index (χ1n) is 6.67. The van der Waals surface area contributed by atoms with E-state index in [1.165, 1.54) is 21.9 Å². The van der Waals surface area contributed by atoms with Crippen molar-refractivity contribution >= 4 is 32.5 Å². The molecule has 1 aliphatic rings. The number of aromatic nitrogens is 1. The Morgan fingerprint density at radius 1 is 1.33 bits per heavy atom. The Morgan fingerprint density at radius 2 is 1.95 bits per heavy atom. The van der Waals surface area contributed by atoms with Gasteiger partial charge < -0.3 is 9.64 Å². The van der Waals surface area contributed by atoms with E-state index in [2.05, 4.69) is 4.98 Å². The minimum absolute atomic E-state index is 0.318. The highest BCUT2D eigenvalue weighted by atomic mass is 32.2. The Hall–Kier alpha value is -1.19. The number of carbonyl (C=O) groups is 1. The van der Waals surface area contributed by atoms with Crippen LogP contribution in [-0.4, -0.2) is 62.7 Å². The summed E-state index contributed by atoms with van der Waals surface area (Å²) >= 11 is 1.43. The van der Waals surface area contributed by atoms with Gasteiger partial charge in [-0.15, -0.1) is 11.3 Å². The Bertz CT molecular complexity index is 618. The molecular formula is C12H19N3O4S2. The van der Waals surface area contributed by atoms with E-state index in [4.69, 9.17) is 4.74 Å². The third-order valence-corrected chi connectivity index (χ3v) is 5.57. The summed E-state index contributed by atoms with van der Waals surface area (Å²) in [4.78, 5) is 18.9. The number of ether oxygens (including phenoxy) is 1. The highest BCUT2D eigenvalue weighted by Crippen LogP contribution is 2.27. The molecule has 0 aliphatic carbocycles. The molecule has 0 amide bonds. The average molecular weight is 333 g/mol. The van der Waals surface area contributed by atoms with Crippen LogP contribution in [0.2, 0.25) is 0 Å². The van der Waals surface area contributed by atoms with Crippen LogP contribution in [0.5, 0.6) is 0 Å². The third-order valence-electron chi connectivity index (χ3n) is 3.23. The number of rotatable bonds is 4. The first-order chi connectivity index (χ1) is 9.82. The van der Waals surface area contributed by atoms with Gasteiger partial charge in [0.2, 0.25) is 10.0 Å². The zero-order valence-corrected chi connectivity index (χ0v) is 14.0. The van der Waals surface area contributed by atoms with Gasteiger partial charge in [0, 0.05) is 31.1 Å². The second kappa shape index (κ2) is 6.29. The SMILES string of the molecule is CCOC(=O)c1nc(N2CCN(S(C)(=O)=O)CC2)sc1C. The van der Waals surface area contributed by atoms with Crippen LogP contribution in [0.3, 0.4) is 0 Å². The van der Waals surface area contributed by atoms with E-state index < -0.39 is 16.0 Å². The number of hydrogen-bond acceptors (Lipinski definition) is 7. The molecule has 1 aliphatic heterocycles. The van der Waals surface area contributed by atoms with Crippen LogP contribution >= 0.6 is 11.3 Å². The lowest BCUT2D eigenvalue weighted by Gasteiger charge is -2.32. The molecule has 0 aromatic carbocycles. The number of sulfonamides is 1. The smallest absolute Gasteiger partial charge is 0.358 e. The van der Waals surface area contributed by atoms with Crippen molar-refractivity contribution in [3.63, 3.8) is 0 Å². The Balaban J connectivity index is 2.08. The van der Waals surface area contributed by atoms with Crippen molar-refractivity contribution in [2.24, 2.45) is 0 Å². The summed E-state index contributed by atoms with van der Waals surface area (Å²) in [5, 5.41) is 0.740. The topological polar surface area (TPSA) is 79.8 Å². The molecule has 21 heavy (non-hydrogen) atoms. The monoisotopic (exact) mass is 333 g/mol. The quantitative estimate of drug-likeness (QED) is 0.755. The second-order valence-corrected chi connectivity index (χ2v) is 7.93. The first kappa shape index (κ1) is 16.2. The molecule has 2 heterocycles. The summed E-state index contributed by atoms with van der Waals surface area (Å²) in [7, 11) is -3.14. The molecular weight excluding hydrogens is 314 g/mol. The van der Waals surface area contributed by atoms with Crippen LogP contribution in [0.1, 0.15) is 22.3 Å². The fourth-order valence-electron chi connectivity index (χ4n) is 2.12. The summed E-state index contributed by atoms with van der Waals surface area (Å²) in [6.45, 7) is 5.92.